The molecule has 1 aromatic rings. The van der Waals surface area contributed by atoms with Crippen LogP contribution in [0.4, 0.5) is 0 Å². The van der Waals surface area contributed by atoms with E-state index in [-0.39, 0.29) is 29.9 Å². The molecule has 1 saturated carbocycles. The Morgan fingerprint density at radius 3 is 2.43 bits per heavy atom. The van der Waals surface area contributed by atoms with Crippen LogP contribution in [0.5, 0.6) is 0 Å². The molecule has 0 bridgehead atoms. The number of benzene rings is 1. The van der Waals surface area contributed by atoms with Crippen molar-refractivity contribution in [1.29, 1.82) is 0 Å². The SMILES string of the molecule is CN=C(NCc1ccc(CN2CCCC2=O)cc1)N1CCC2(CCCC2)C1.I. The third-order valence-electron chi connectivity index (χ3n) is 6.63. The highest BCUT2D eigenvalue weighted by molar-refractivity contribution is 14.0. The van der Waals surface area contributed by atoms with Gasteiger partial charge in [-0.2, -0.15) is 0 Å². The first-order valence-electron chi connectivity index (χ1n) is 10.5. The van der Waals surface area contributed by atoms with Gasteiger partial charge in [0.1, 0.15) is 0 Å². The van der Waals surface area contributed by atoms with Crippen molar-refractivity contribution in [2.24, 2.45) is 10.4 Å². The van der Waals surface area contributed by atoms with Crippen molar-refractivity contribution in [3.63, 3.8) is 0 Å². The Bertz CT molecular complexity index is 697. The molecule has 6 heteroatoms. The molecule has 0 atom stereocenters. The first-order valence-corrected chi connectivity index (χ1v) is 10.5. The number of carbonyl (C=O) groups is 1. The predicted octanol–water partition coefficient (Wildman–Crippen LogP) is 3.77. The molecule has 1 aliphatic carbocycles. The van der Waals surface area contributed by atoms with Crippen LogP contribution in [0.1, 0.15) is 56.1 Å². The molecule has 5 nitrogen and oxygen atoms in total. The lowest BCUT2D eigenvalue weighted by molar-refractivity contribution is -0.128. The van der Waals surface area contributed by atoms with Crippen LogP contribution < -0.4 is 5.32 Å². The van der Waals surface area contributed by atoms with Crippen LogP contribution >= 0.6 is 24.0 Å². The van der Waals surface area contributed by atoms with Crippen molar-refractivity contribution in [1.82, 2.24) is 15.1 Å². The Morgan fingerprint density at radius 1 is 1.07 bits per heavy atom. The van der Waals surface area contributed by atoms with Gasteiger partial charge in [-0.05, 0) is 42.2 Å². The molecule has 4 rings (SSSR count). The number of halogens is 1. The molecule has 1 aromatic carbocycles. The number of nitrogens with zero attached hydrogens (tertiary/aromatic N) is 3. The maximum Gasteiger partial charge on any atom is 0.222 e. The number of guanidine groups is 1. The Balaban J connectivity index is 0.00000225. The predicted molar refractivity (Wildman–Crippen MR) is 124 cm³/mol. The lowest BCUT2D eigenvalue weighted by atomic mass is 9.86. The third-order valence-corrected chi connectivity index (χ3v) is 6.63. The van der Waals surface area contributed by atoms with Crippen LogP contribution in [0.25, 0.3) is 0 Å². The number of hydrogen-bond donors (Lipinski definition) is 1. The normalized spacial score (nSPS) is 21.5. The van der Waals surface area contributed by atoms with Gasteiger partial charge in [0.25, 0.3) is 0 Å². The van der Waals surface area contributed by atoms with E-state index in [1.54, 1.807) is 0 Å². The molecule has 0 unspecified atom stereocenters. The second kappa shape index (κ2) is 9.46. The van der Waals surface area contributed by atoms with E-state index in [4.69, 9.17) is 0 Å². The summed E-state index contributed by atoms with van der Waals surface area (Å²) in [6.07, 6.45) is 8.60. The van der Waals surface area contributed by atoms with Crippen molar-refractivity contribution in [2.75, 3.05) is 26.7 Å². The van der Waals surface area contributed by atoms with Gasteiger partial charge in [-0.1, -0.05) is 37.1 Å². The molecular weight excluding hydrogens is 463 g/mol. The second-order valence-electron chi connectivity index (χ2n) is 8.51. The summed E-state index contributed by atoms with van der Waals surface area (Å²) in [5.41, 5.74) is 3.02. The van der Waals surface area contributed by atoms with Crippen molar-refractivity contribution in [3.8, 4) is 0 Å². The van der Waals surface area contributed by atoms with Crippen LogP contribution in [-0.2, 0) is 17.9 Å². The maximum absolute atomic E-state index is 11.8. The van der Waals surface area contributed by atoms with E-state index in [2.05, 4.69) is 39.5 Å². The highest BCUT2D eigenvalue weighted by atomic mass is 127. The topological polar surface area (TPSA) is 47.9 Å². The summed E-state index contributed by atoms with van der Waals surface area (Å²) in [4.78, 5) is 20.7. The molecule has 2 heterocycles. The quantitative estimate of drug-likeness (QED) is 0.392. The van der Waals surface area contributed by atoms with E-state index in [0.717, 1.165) is 45.1 Å². The summed E-state index contributed by atoms with van der Waals surface area (Å²) in [6.45, 7) is 4.72. The average Bonchev–Trinajstić information content (AvgIpc) is 3.41. The lowest BCUT2D eigenvalue weighted by Crippen LogP contribution is -2.40. The highest BCUT2D eigenvalue weighted by Gasteiger charge is 2.41. The van der Waals surface area contributed by atoms with Crippen molar-refractivity contribution in [2.45, 2.75) is 58.0 Å². The molecule has 1 amide bonds. The Labute approximate surface area is 186 Å². The minimum absolute atomic E-state index is 0. The summed E-state index contributed by atoms with van der Waals surface area (Å²) in [6, 6.07) is 8.63. The average molecular weight is 496 g/mol. The Hall–Kier alpha value is -1.31. The zero-order valence-electron chi connectivity index (χ0n) is 17.0. The van der Waals surface area contributed by atoms with Gasteiger partial charge in [-0.15, -0.1) is 24.0 Å². The van der Waals surface area contributed by atoms with E-state index in [9.17, 15) is 4.79 Å². The van der Waals surface area contributed by atoms with Gasteiger partial charge >= 0.3 is 0 Å². The molecule has 3 fully saturated rings. The fourth-order valence-electron chi connectivity index (χ4n) is 5.02. The molecule has 3 aliphatic rings. The van der Waals surface area contributed by atoms with E-state index >= 15 is 0 Å². The number of hydrogen-bond acceptors (Lipinski definition) is 2. The van der Waals surface area contributed by atoms with Crippen LogP contribution in [0.15, 0.2) is 29.3 Å². The smallest absolute Gasteiger partial charge is 0.222 e. The number of rotatable bonds is 4. The zero-order chi connectivity index (χ0) is 18.7. The number of likely N-dealkylation sites (tertiary alicyclic amines) is 2. The summed E-state index contributed by atoms with van der Waals surface area (Å²) in [5.74, 6) is 1.32. The molecule has 2 aliphatic heterocycles. The summed E-state index contributed by atoms with van der Waals surface area (Å²) in [7, 11) is 1.89. The largest absolute Gasteiger partial charge is 0.352 e. The van der Waals surface area contributed by atoms with Gasteiger partial charge < -0.3 is 15.1 Å². The fraction of sp³-hybridized carbons (Fsp3) is 0.636. The van der Waals surface area contributed by atoms with Gasteiger partial charge in [0, 0.05) is 46.2 Å². The van der Waals surface area contributed by atoms with Crippen LogP contribution in [0.2, 0.25) is 0 Å². The monoisotopic (exact) mass is 496 g/mol. The number of aliphatic imine (C=N–C) groups is 1. The van der Waals surface area contributed by atoms with Crippen LogP contribution in [0, 0.1) is 5.41 Å². The van der Waals surface area contributed by atoms with Crippen molar-refractivity contribution in [3.05, 3.63) is 35.4 Å². The van der Waals surface area contributed by atoms with E-state index in [1.165, 1.54) is 43.2 Å². The second-order valence-corrected chi connectivity index (χ2v) is 8.51. The highest BCUT2D eigenvalue weighted by Crippen LogP contribution is 2.45. The molecule has 1 N–H and O–H groups in total. The molecule has 28 heavy (non-hydrogen) atoms. The molecule has 0 radical (unpaired) electrons. The molecule has 1 spiro atoms. The lowest BCUT2D eigenvalue weighted by Gasteiger charge is -2.26. The Kier molecular flexibility index (Phi) is 7.23. The maximum atomic E-state index is 11.8. The van der Waals surface area contributed by atoms with Gasteiger partial charge in [0.05, 0.1) is 0 Å². The van der Waals surface area contributed by atoms with Gasteiger partial charge in [-0.3, -0.25) is 9.79 Å². The molecule has 154 valence electrons. The number of carbonyl (C=O) groups excluding carboxylic acids is 1. The minimum Gasteiger partial charge on any atom is -0.352 e. The van der Waals surface area contributed by atoms with Gasteiger partial charge in [-0.25, -0.2) is 0 Å². The van der Waals surface area contributed by atoms with E-state index in [0.29, 0.717) is 11.8 Å². The van der Waals surface area contributed by atoms with E-state index < -0.39 is 0 Å². The first-order chi connectivity index (χ1) is 13.2. The summed E-state index contributed by atoms with van der Waals surface area (Å²) in [5, 5.41) is 3.55. The standard InChI is InChI=1S/C22H32N4O.HI/c1-23-21(26-14-12-22(17-26)10-2-3-11-22)24-15-18-6-8-19(9-7-18)16-25-13-4-5-20(25)27;/h6-9H,2-5,10-17H2,1H3,(H,23,24);1H. The van der Waals surface area contributed by atoms with Crippen molar-refractivity contribution >= 4 is 35.8 Å². The van der Waals surface area contributed by atoms with Gasteiger partial charge in [0.15, 0.2) is 5.96 Å². The summed E-state index contributed by atoms with van der Waals surface area (Å²) >= 11 is 0. The Morgan fingerprint density at radius 2 is 1.79 bits per heavy atom. The fourth-order valence-corrected chi connectivity index (χ4v) is 5.02. The summed E-state index contributed by atoms with van der Waals surface area (Å²) < 4.78 is 0. The van der Waals surface area contributed by atoms with Crippen LogP contribution in [0.3, 0.4) is 0 Å². The molecule has 0 aromatic heterocycles. The van der Waals surface area contributed by atoms with Crippen molar-refractivity contribution < 1.29 is 4.79 Å². The molecule has 2 saturated heterocycles. The molecular formula is C22H33IN4O. The first kappa shape index (κ1) is 21.4. The van der Waals surface area contributed by atoms with Crippen LogP contribution in [-0.4, -0.2) is 48.3 Å². The van der Waals surface area contributed by atoms with Gasteiger partial charge in [0.2, 0.25) is 5.91 Å². The third kappa shape index (κ3) is 4.81. The number of nitrogens with one attached hydrogen (secondary N) is 1. The minimum atomic E-state index is 0. The number of amides is 1. The van der Waals surface area contributed by atoms with E-state index in [1.807, 2.05) is 11.9 Å². The zero-order valence-corrected chi connectivity index (χ0v) is 19.3.